The van der Waals surface area contributed by atoms with Crippen molar-refractivity contribution in [2.45, 2.75) is 63.3 Å². The Morgan fingerprint density at radius 2 is 2.14 bits per heavy atom. The van der Waals surface area contributed by atoms with E-state index in [4.69, 9.17) is 14.6 Å². The van der Waals surface area contributed by atoms with Crippen molar-refractivity contribution in [2.24, 2.45) is 5.92 Å². The van der Waals surface area contributed by atoms with E-state index in [1.165, 1.54) is 30.5 Å². The Balaban J connectivity index is 1.55. The minimum atomic E-state index is -0.777. The van der Waals surface area contributed by atoms with Crippen LogP contribution < -0.4 is 10.6 Å². The van der Waals surface area contributed by atoms with E-state index in [1.807, 2.05) is 12.2 Å². The van der Waals surface area contributed by atoms with E-state index < -0.39 is 5.97 Å². The average Bonchev–Trinajstić information content (AvgIpc) is 2.76. The molecule has 0 saturated carbocycles. The number of nitrogens with one attached hydrogen (secondary N) is 2. The van der Waals surface area contributed by atoms with Gasteiger partial charge in [-0.25, -0.2) is 0 Å². The third-order valence-corrected chi connectivity index (χ3v) is 6.01. The van der Waals surface area contributed by atoms with Gasteiger partial charge in [0.1, 0.15) is 6.23 Å². The number of allylic oxidation sites excluding steroid dienone is 5. The third-order valence-electron chi connectivity index (χ3n) is 6.01. The van der Waals surface area contributed by atoms with E-state index in [0.29, 0.717) is 12.3 Å². The number of ether oxygens (including phenoxy) is 2. The molecule has 1 aliphatic heterocycles. The first-order chi connectivity index (χ1) is 14.1. The molecule has 0 amide bonds. The second-order valence-electron chi connectivity index (χ2n) is 8.02. The molecule has 0 aromatic rings. The number of carboxylic acid groups (broad SMARTS) is 1. The van der Waals surface area contributed by atoms with Gasteiger partial charge in [0.2, 0.25) is 0 Å². The van der Waals surface area contributed by atoms with E-state index >= 15 is 0 Å². The molecular formula is C23H34N2O4. The molecule has 3 rings (SSSR count). The fourth-order valence-electron chi connectivity index (χ4n) is 4.28. The van der Waals surface area contributed by atoms with Gasteiger partial charge in [0, 0.05) is 38.8 Å². The summed E-state index contributed by atoms with van der Waals surface area (Å²) in [5.74, 6) is -0.448. The molecule has 29 heavy (non-hydrogen) atoms. The Labute approximate surface area is 173 Å². The van der Waals surface area contributed by atoms with E-state index in [2.05, 4.69) is 28.9 Å². The number of carboxylic acids is 1. The summed E-state index contributed by atoms with van der Waals surface area (Å²) in [6, 6.07) is 0.0671. The Morgan fingerprint density at radius 3 is 2.83 bits per heavy atom. The molecule has 6 heteroatoms. The highest BCUT2D eigenvalue weighted by Crippen LogP contribution is 2.28. The van der Waals surface area contributed by atoms with Crippen LogP contribution >= 0.6 is 0 Å². The number of rotatable bonds is 9. The lowest BCUT2D eigenvalue weighted by molar-refractivity contribution is -0.136. The van der Waals surface area contributed by atoms with Crippen molar-refractivity contribution >= 4 is 5.97 Å². The summed E-state index contributed by atoms with van der Waals surface area (Å²) in [7, 11) is 3.45. The van der Waals surface area contributed by atoms with Crippen molar-refractivity contribution in [1.29, 1.82) is 0 Å². The maximum absolute atomic E-state index is 10.8. The van der Waals surface area contributed by atoms with Crippen LogP contribution in [0.2, 0.25) is 0 Å². The van der Waals surface area contributed by atoms with Gasteiger partial charge in [0.25, 0.3) is 0 Å². The van der Waals surface area contributed by atoms with Crippen LogP contribution in [0.4, 0.5) is 0 Å². The van der Waals surface area contributed by atoms with Crippen LogP contribution in [-0.2, 0) is 14.3 Å². The quantitative estimate of drug-likeness (QED) is 0.549. The van der Waals surface area contributed by atoms with Gasteiger partial charge < -0.3 is 25.2 Å². The summed E-state index contributed by atoms with van der Waals surface area (Å²) in [5.41, 5.74) is 3.68. The molecule has 0 saturated heterocycles. The van der Waals surface area contributed by atoms with Crippen molar-refractivity contribution in [3.63, 3.8) is 0 Å². The molecule has 1 heterocycles. The number of aliphatic carboxylic acids is 1. The van der Waals surface area contributed by atoms with Crippen molar-refractivity contribution in [2.75, 3.05) is 20.8 Å². The molecule has 2 aliphatic carbocycles. The average molecular weight is 403 g/mol. The Hall–Kier alpha value is -1.89. The number of carbonyl (C=O) groups is 1. The van der Waals surface area contributed by atoms with Crippen molar-refractivity contribution < 1.29 is 19.4 Å². The summed E-state index contributed by atoms with van der Waals surface area (Å²) in [6.45, 7) is 0.807. The maximum Gasteiger partial charge on any atom is 0.303 e. The Morgan fingerprint density at radius 1 is 1.28 bits per heavy atom. The number of methoxy groups -OCH3 is 2. The number of hydrogen-bond donors (Lipinski definition) is 3. The highest BCUT2D eigenvalue weighted by atomic mass is 16.5. The monoisotopic (exact) mass is 402 g/mol. The Bertz CT molecular complexity index is 695. The van der Waals surface area contributed by atoms with E-state index in [-0.39, 0.29) is 24.8 Å². The topological polar surface area (TPSA) is 79.8 Å². The first kappa shape index (κ1) is 21.8. The second-order valence-corrected chi connectivity index (χ2v) is 8.02. The zero-order chi connectivity index (χ0) is 20.6. The first-order valence-corrected chi connectivity index (χ1v) is 10.7. The molecule has 6 nitrogen and oxygen atoms in total. The van der Waals surface area contributed by atoms with Crippen LogP contribution in [0, 0.1) is 5.92 Å². The maximum atomic E-state index is 10.8. The molecule has 0 spiro atoms. The van der Waals surface area contributed by atoms with Gasteiger partial charge in [-0.05, 0) is 49.7 Å². The fraction of sp³-hybridized carbons (Fsp3) is 0.609. The highest BCUT2D eigenvalue weighted by Gasteiger charge is 2.28. The van der Waals surface area contributed by atoms with Gasteiger partial charge >= 0.3 is 5.97 Å². The van der Waals surface area contributed by atoms with Crippen LogP contribution in [0.5, 0.6) is 0 Å². The van der Waals surface area contributed by atoms with Crippen LogP contribution in [0.15, 0.2) is 47.2 Å². The lowest BCUT2D eigenvalue weighted by atomic mass is 9.91. The van der Waals surface area contributed by atoms with Crippen LogP contribution in [0.3, 0.4) is 0 Å². The second kappa shape index (κ2) is 10.8. The van der Waals surface area contributed by atoms with E-state index in [9.17, 15) is 4.79 Å². The Kier molecular flexibility index (Phi) is 8.09. The van der Waals surface area contributed by atoms with Crippen LogP contribution in [0.25, 0.3) is 0 Å². The van der Waals surface area contributed by atoms with Crippen LogP contribution in [-0.4, -0.2) is 50.2 Å². The van der Waals surface area contributed by atoms with Gasteiger partial charge in [-0.3, -0.25) is 4.79 Å². The molecule has 0 radical (unpaired) electrons. The van der Waals surface area contributed by atoms with E-state index in [1.54, 1.807) is 14.2 Å². The van der Waals surface area contributed by atoms with E-state index in [0.717, 1.165) is 25.0 Å². The lowest BCUT2D eigenvalue weighted by Gasteiger charge is -2.35. The molecule has 3 unspecified atom stereocenters. The van der Waals surface area contributed by atoms with Crippen molar-refractivity contribution in [1.82, 2.24) is 10.6 Å². The third kappa shape index (κ3) is 6.04. The molecule has 3 N–H and O–H groups in total. The molecule has 0 fully saturated rings. The predicted octanol–water partition coefficient (Wildman–Crippen LogP) is 3.29. The van der Waals surface area contributed by atoms with Gasteiger partial charge in [0.15, 0.2) is 0 Å². The largest absolute Gasteiger partial charge is 0.481 e. The van der Waals surface area contributed by atoms with Crippen molar-refractivity contribution in [3.8, 4) is 0 Å². The first-order valence-electron chi connectivity index (χ1n) is 10.7. The smallest absolute Gasteiger partial charge is 0.303 e. The fourth-order valence-corrected chi connectivity index (χ4v) is 4.28. The highest BCUT2D eigenvalue weighted by molar-refractivity contribution is 5.67. The molecule has 160 valence electrons. The summed E-state index contributed by atoms with van der Waals surface area (Å²) in [4.78, 5) is 10.8. The lowest BCUT2D eigenvalue weighted by Crippen LogP contribution is -2.48. The molecule has 0 aromatic heterocycles. The molecule has 4 atom stereocenters. The van der Waals surface area contributed by atoms with Gasteiger partial charge in [-0.1, -0.05) is 30.4 Å². The predicted molar refractivity (Wildman–Crippen MR) is 113 cm³/mol. The summed E-state index contributed by atoms with van der Waals surface area (Å²) in [5, 5.41) is 16.1. The minimum Gasteiger partial charge on any atom is -0.481 e. The standard InChI is InChI=1S/C23H34N2O4/c1-28-21-14-16(9-13-22(26)27)8-11-20(21)24-15-18-10-12-19(25-23(18)29-2)17-6-4-3-5-7-17/h6,8,11-12,14,18,20-21,23-25H,3-5,7,9-10,13,15H2,1-2H3,(H,26,27)/t18?,20?,21?,23-/m1/s1. The zero-order valence-corrected chi connectivity index (χ0v) is 17.5. The minimum absolute atomic E-state index is 0.0134. The summed E-state index contributed by atoms with van der Waals surface area (Å²) < 4.78 is 11.4. The van der Waals surface area contributed by atoms with Crippen molar-refractivity contribution in [3.05, 3.63) is 47.2 Å². The van der Waals surface area contributed by atoms with Gasteiger partial charge in [0.05, 0.1) is 12.1 Å². The summed E-state index contributed by atoms with van der Waals surface area (Å²) in [6.07, 6.45) is 17.2. The molecule has 0 bridgehead atoms. The molecule has 3 aliphatic rings. The molecule has 0 aromatic carbocycles. The zero-order valence-electron chi connectivity index (χ0n) is 17.5. The van der Waals surface area contributed by atoms with Crippen LogP contribution in [0.1, 0.15) is 44.9 Å². The summed E-state index contributed by atoms with van der Waals surface area (Å²) >= 11 is 0. The molecular weight excluding hydrogens is 368 g/mol. The SMILES string of the molecule is COC1C=C(CCC(=O)O)C=CC1NCC1CC=C(C2=CCCCC2)N[C@@H]1OC. The number of hydrogen-bond acceptors (Lipinski definition) is 5. The van der Waals surface area contributed by atoms with Gasteiger partial charge in [-0.2, -0.15) is 0 Å². The van der Waals surface area contributed by atoms with Gasteiger partial charge in [-0.15, -0.1) is 0 Å². The normalized spacial score (nSPS) is 29.5.